The number of rotatable bonds is 6. The zero-order valence-corrected chi connectivity index (χ0v) is 17.4. The first kappa shape index (κ1) is 22.5. The van der Waals surface area contributed by atoms with Gasteiger partial charge in [0.2, 0.25) is 11.8 Å². The number of carbonyl (C=O) groups is 2. The second kappa shape index (κ2) is 10.1. The van der Waals surface area contributed by atoms with Gasteiger partial charge in [0.25, 0.3) is 0 Å². The van der Waals surface area contributed by atoms with E-state index in [9.17, 15) is 18.4 Å². The van der Waals surface area contributed by atoms with Crippen LogP contribution in [-0.4, -0.2) is 59.5 Å². The van der Waals surface area contributed by atoms with Gasteiger partial charge in [-0.05, 0) is 32.0 Å². The maximum atomic E-state index is 13.8. The van der Waals surface area contributed by atoms with Gasteiger partial charge >= 0.3 is 0 Å². The fourth-order valence-corrected chi connectivity index (χ4v) is 3.59. The Balaban J connectivity index is 2.01. The molecule has 2 amide bonds. The van der Waals surface area contributed by atoms with Crippen LogP contribution in [0.15, 0.2) is 18.2 Å². The van der Waals surface area contributed by atoms with E-state index in [1.165, 1.54) is 17.8 Å². The molecule has 0 saturated carbocycles. The van der Waals surface area contributed by atoms with Gasteiger partial charge in [-0.1, -0.05) is 30.0 Å². The topological polar surface area (TPSA) is 73.5 Å². The van der Waals surface area contributed by atoms with Crippen molar-refractivity contribution in [2.45, 2.75) is 24.9 Å². The molecule has 28 heavy (non-hydrogen) atoms. The SMILES string of the molecule is CN(C)C(=S)SCC(=O)NC1(C(=O)NCc2ccc(F)cc2F)CCNCC1. The van der Waals surface area contributed by atoms with Crippen LogP contribution < -0.4 is 16.0 Å². The summed E-state index contributed by atoms with van der Waals surface area (Å²) in [7, 11) is 3.59. The normalized spacial score (nSPS) is 15.6. The highest BCUT2D eigenvalue weighted by atomic mass is 32.2. The van der Waals surface area contributed by atoms with Gasteiger partial charge in [0, 0.05) is 32.3 Å². The van der Waals surface area contributed by atoms with E-state index in [1.807, 2.05) is 0 Å². The highest BCUT2D eigenvalue weighted by Gasteiger charge is 2.40. The van der Waals surface area contributed by atoms with E-state index < -0.39 is 17.2 Å². The molecular weight excluding hydrogens is 406 g/mol. The first-order chi connectivity index (χ1) is 13.2. The Morgan fingerprint density at radius 3 is 2.57 bits per heavy atom. The lowest BCUT2D eigenvalue weighted by molar-refractivity contribution is -0.134. The first-order valence-electron chi connectivity index (χ1n) is 8.81. The van der Waals surface area contributed by atoms with E-state index in [1.54, 1.807) is 19.0 Å². The van der Waals surface area contributed by atoms with Crippen molar-refractivity contribution in [3.8, 4) is 0 Å². The summed E-state index contributed by atoms with van der Waals surface area (Å²) < 4.78 is 27.4. The molecule has 1 aromatic rings. The molecule has 1 fully saturated rings. The molecule has 0 unspecified atom stereocenters. The molecule has 10 heteroatoms. The molecule has 3 N–H and O–H groups in total. The number of benzene rings is 1. The monoisotopic (exact) mass is 430 g/mol. The lowest BCUT2D eigenvalue weighted by Gasteiger charge is -2.37. The average molecular weight is 431 g/mol. The van der Waals surface area contributed by atoms with Crippen molar-refractivity contribution in [1.82, 2.24) is 20.9 Å². The summed E-state index contributed by atoms with van der Waals surface area (Å²) in [5.41, 5.74) is -0.892. The van der Waals surface area contributed by atoms with Crippen LogP contribution in [0.3, 0.4) is 0 Å². The quantitative estimate of drug-likeness (QED) is 0.593. The van der Waals surface area contributed by atoms with Crippen molar-refractivity contribution in [1.29, 1.82) is 0 Å². The third-order valence-corrected chi connectivity index (χ3v) is 6.15. The minimum absolute atomic E-state index is 0.0878. The molecule has 0 spiro atoms. The van der Waals surface area contributed by atoms with Gasteiger partial charge in [-0.3, -0.25) is 9.59 Å². The fourth-order valence-electron chi connectivity index (χ4n) is 2.83. The summed E-state index contributed by atoms with van der Waals surface area (Å²) in [6.07, 6.45) is 0.832. The number of thioether (sulfide) groups is 1. The Bertz CT molecular complexity index is 740. The van der Waals surface area contributed by atoms with Gasteiger partial charge in [-0.15, -0.1) is 0 Å². The van der Waals surface area contributed by atoms with Gasteiger partial charge < -0.3 is 20.9 Å². The number of piperidine rings is 1. The number of hydrogen-bond acceptors (Lipinski definition) is 5. The van der Waals surface area contributed by atoms with Crippen molar-refractivity contribution in [3.63, 3.8) is 0 Å². The molecule has 0 radical (unpaired) electrons. The molecule has 6 nitrogen and oxygen atoms in total. The van der Waals surface area contributed by atoms with Gasteiger partial charge in [0.05, 0.1) is 5.75 Å². The molecule has 1 heterocycles. The number of nitrogens with one attached hydrogen (secondary N) is 3. The van der Waals surface area contributed by atoms with Gasteiger partial charge in [0.15, 0.2) is 0 Å². The summed E-state index contributed by atoms with van der Waals surface area (Å²) in [6, 6.07) is 3.20. The predicted molar refractivity (Wildman–Crippen MR) is 110 cm³/mol. The minimum atomic E-state index is -1.07. The lowest BCUT2D eigenvalue weighted by Crippen LogP contribution is -2.63. The Hall–Kier alpha value is -1.78. The molecule has 2 rings (SSSR count). The van der Waals surface area contributed by atoms with E-state index in [2.05, 4.69) is 16.0 Å². The van der Waals surface area contributed by atoms with Gasteiger partial charge in [-0.25, -0.2) is 8.78 Å². The number of halogens is 2. The maximum Gasteiger partial charge on any atom is 0.246 e. The molecule has 0 aromatic heterocycles. The molecule has 0 bridgehead atoms. The number of carbonyl (C=O) groups excluding carboxylic acids is 2. The van der Waals surface area contributed by atoms with Crippen LogP contribution in [0.25, 0.3) is 0 Å². The first-order valence-corrected chi connectivity index (χ1v) is 10.2. The smallest absolute Gasteiger partial charge is 0.246 e. The Morgan fingerprint density at radius 2 is 1.96 bits per heavy atom. The van der Waals surface area contributed by atoms with Crippen molar-refractivity contribution < 1.29 is 18.4 Å². The molecule has 0 aliphatic carbocycles. The molecule has 1 aromatic carbocycles. The highest BCUT2D eigenvalue weighted by molar-refractivity contribution is 8.23. The number of amides is 2. The second-order valence-electron chi connectivity index (χ2n) is 6.75. The lowest BCUT2D eigenvalue weighted by atomic mass is 9.87. The number of thiocarbonyl (C=S) groups is 1. The van der Waals surface area contributed by atoms with E-state index in [0.717, 1.165) is 12.1 Å². The van der Waals surface area contributed by atoms with Crippen LogP contribution in [0.1, 0.15) is 18.4 Å². The van der Waals surface area contributed by atoms with Crippen LogP contribution in [-0.2, 0) is 16.1 Å². The molecule has 0 atom stereocenters. The minimum Gasteiger partial charge on any atom is -0.364 e. The molecule has 1 saturated heterocycles. The van der Waals surface area contributed by atoms with Crippen LogP contribution in [0, 0.1) is 11.6 Å². The van der Waals surface area contributed by atoms with Crippen LogP contribution in [0.5, 0.6) is 0 Å². The Kier molecular flexibility index (Phi) is 8.14. The third-order valence-electron chi connectivity index (χ3n) is 4.42. The summed E-state index contributed by atoms with van der Waals surface area (Å²) in [5.74, 6) is -1.97. The molecular formula is C18H24F2N4O2S2. The van der Waals surface area contributed by atoms with Gasteiger partial charge in [0.1, 0.15) is 21.5 Å². The van der Waals surface area contributed by atoms with Crippen LogP contribution >= 0.6 is 24.0 Å². The van der Waals surface area contributed by atoms with E-state index in [4.69, 9.17) is 12.2 Å². The van der Waals surface area contributed by atoms with E-state index in [0.29, 0.717) is 30.3 Å². The zero-order chi connectivity index (χ0) is 20.7. The zero-order valence-electron chi connectivity index (χ0n) is 15.8. The van der Waals surface area contributed by atoms with Crippen LogP contribution in [0.4, 0.5) is 8.78 Å². The summed E-state index contributed by atoms with van der Waals surface area (Å²) in [6.45, 7) is 1.05. The van der Waals surface area contributed by atoms with Crippen LogP contribution in [0.2, 0.25) is 0 Å². The molecule has 1 aliphatic heterocycles. The Labute approximate surface area is 172 Å². The summed E-state index contributed by atoms with van der Waals surface area (Å²) in [4.78, 5) is 27.0. The molecule has 154 valence electrons. The average Bonchev–Trinajstić information content (AvgIpc) is 2.65. The third kappa shape index (κ3) is 6.11. The second-order valence-corrected chi connectivity index (χ2v) is 8.36. The fraction of sp³-hybridized carbons (Fsp3) is 0.500. The maximum absolute atomic E-state index is 13.8. The van der Waals surface area contributed by atoms with Crippen molar-refractivity contribution >= 4 is 40.1 Å². The number of nitrogens with zero attached hydrogens (tertiary/aromatic N) is 1. The predicted octanol–water partition coefficient (Wildman–Crippen LogP) is 1.40. The van der Waals surface area contributed by atoms with E-state index >= 15 is 0 Å². The Morgan fingerprint density at radius 1 is 1.29 bits per heavy atom. The summed E-state index contributed by atoms with van der Waals surface area (Å²) in [5, 5.41) is 8.67. The van der Waals surface area contributed by atoms with Gasteiger partial charge in [-0.2, -0.15) is 0 Å². The standard InChI is InChI=1S/C18H24F2N4O2S2/c1-24(2)17(27)28-11-15(25)23-18(5-7-21-8-6-18)16(26)22-10-12-3-4-13(19)9-14(12)20/h3-4,9,21H,5-8,10-11H2,1-2H3,(H,22,26)(H,23,25). The van der Waals surface area contributed by atoms with Crippen molar-refractivity contribution in [2.24, 2.45) is 0 Å². The molecule has 1 aliphatic rings. The van der Waals surface area contributed by atoms with E-state index in [-0.39, 0.29) is 29.7 Å². The number of hydrogen-bond donors (Lipinski definition) is 3. The largest absolute Gasteiger partial charge is 0.364 e. The highest BCUT2D eigenvalue weighted by Crippen LogP contribution is 2.20. The van der Waals surface area contributed by atoms with Crippen molar-refractivity contribution in [3.05, 3.63) is 35.4 Å². The summed E-state index contributed by atoms with van der Waals surface area (Å²) >= 11 is 6.37. The van der Waals surface area contributed by atoms with Crippen molar-refractivity contribution in [2.75, 3.05) is 32.9 Å².